The van der Waals surface area contributed by atoms with Crippen molar-refractivity contribution in [3.05, 3.63) is 25.1 Å². The Morgan fingerprint density at radius 3 is 2.76 bits per heavy atom. The molecule has 2 unspecified atom stereocenters. The maximum atomic E-state index is 5.90. The number of nitrogens with zero attached hydrogens (tertiary/aromatic N) is 1. The van der Waals surface area contributed by atoms with Crippen molar-refractivity contribution >= 4 is 0 Å². The first-order valence-corrected chi connectivity index (χ1v) is 6.82. The van der Waals surface area contributed by atoms with Crippen LogP contribution in [0.15, 0.2) is 25.1 Å². The van der Waals surface area contributed by atoms with Crippen molar-refractivity contribution in [2.75, 3.05) is 0 Å². The summed E-state index contributed by atoms with van der Waals surface area (Å²) >= 11 is 0. The lowest BCUT2D eigenvalue weighted by Gasteiger charge is -2.28. The largest absolute Gasteiger partial charge is 0.370 e. The molecule has 0 saturated carbocycles. The molecular formula is C14H27N3. The molecule has 0 aromatic heterocycles. The minimum Gasteiger partial charge on any atom is -0.370 e. The summed E-state index contributed by atoms with van der Waals surface area (Å²) in [5.74, 6) is 0. The SMILES string of the molecule is C=CCCCCCCCC1NC=CN1C(C)N. The molecule has 1 rings (SSSR count). The van der Waals surface area contributed by atoms with E-state index in [9.17, 15) is 0 Å². The molecule has 3 N–H and O–H groups in total. The van der Waals surface area contributed by atoms with E-state index in [1.54, 1.807) is 0 Å². The number of nitrogens with two attached hydrogens (primary N) is 1. The van der Waals surface area contributed by atoms with Gasteiger partial charge in [0, 0.05) is 12.4 Å². The van der Waals surface area contributed by atoms with Crippen LogP contribution < -0.4 is 11.1 Å². The number of unbranched alkanes of at least 4 members (excludes halogenated alkanes) is 5. The van der Waals surface area contributed by atoms with Gasteiger partial charge in [0.2, 0.25) is 0 Å². The van der Waals surface area contributed by atoms with Crippen molar-refractivity contribution in [2.45, 2.75) is 64.2 Å². The number of allylic oxidation sites excluding steroid dienone is 1. The summed E-state index contributed by atoms with van der Waals surface area (Å²) in [5.41, 5.74) is 5.90. The highest BCUT2D eigenvalue weighted by Gasteiger charge is 2.20. The molecule has 0 amide bonds. The second kappa shape index (κ2) is 8.18. The fraction of sp³-hybridized carbons (Fsp3) is 0.714. The smallest absolute Gasteiger partial charge is 0.0995 e. The Morgan fingerprint density at radius 2 is 2.06 bits per heavy atom. The van der Waals surface area contributed by atoms with Crippen LogP contribution in [0.25, 0.3) is 0 Å². The summed E-state index contributed by atoms with van der Waals surface area (Å²) in [6.45, 7) is 5.77. The molecule has 98 valence electrons. The lowest BCUT2D eigenvalue weighted by Crippen LogP contribution is -2.44. The first-order valence-electron chi connectivity index (χ1n) is 6.82. The summed E-state index contributed by atoms with van der Waals surface area (Å²) in [7, 11) is 0. The topological polar surface area (TPSA) is 41.3 Å². The molecule has 0 fully saturated rings. The molecule has 3 heteroatoms. The van der Waals surface area contributed by atoms with Gasteiger partial charge in [0.05, 0.1) is 12.3 Å². The van der Waals surface area contributed by atoms with Gasteiger partial charge in [-0.1, -0.05) is 25.3 Å². The van der Waals surface area contributed by atoms with Crippen molar-refractivity contribution in [1.82, 2.24) is 10.2 Å². The molecule has 0 radical (unpaired) electrons. The third-order valence-corrected chi connectivity index (χ3v) is 3.25. The van der Waals surface area contributed by atoms with Crippen LogP contribution >= 0.6 is 0 Å². The van der Waals surface area contributed by atoms with Gasteiger partial charge in [-0.15, -0.1) is 6.58 Å². The second-order valence-corrected chi connectivity index (χ2v) is 4.82. The van der Waals surface area contributed by atoms with Gasteiger partial charge in [-0.25, -0.2) is 0 Å². The van der Waals surface area contributed by atoms with Gasteiger partial charge >= 0.3 is 0 Å². The van der Waals surface area contributed by atoms with Gasteiger partial charge in [0.1, 0.15) is 0 Å². The van der Waals surface area contributed by atoms with Gasteiger partial charge in [0.15, 0.2) is 0 Å². The molecule has 0 aromatic rings. The van der Waals surface area contributed by atoms with Crippen molar-refractivity contribution in [3.8, 4) is 0 Å². The molecule has 1 aliphatic rings. The zero-order valence-electron chi connectivity index (χ0n) is 11.1. The van der Waals surface area contributed by atoms with Crippen molar-refractivity contribution in [3.63, 3.8) is 0 Å². The molecule has 2 atom stereocenters. The quantitative estimate of drug-likeness (QED) is 0.478. The minimum atomic E-state index is 0.0961. The van der Waals surface area contributed by atoms with Gasteiger partial charge in [-0.2, -0.15) is 0 Å². The summed E-state index contributed by atoms with van der Waals surface area (Å²) in [6, 6.07) is 0. The van der Waals surface area contributed by atoms with Crippen molar-refractivity contribution < 1.29 is 0 Å². The normalized spacial score (nSPS) is 20.4. The number of hydrogen-bond donors (Lipinski definition) is 2. The maximum absolute atomic E-state index is 5.90. The molecule has 17 heavy (non-hydrogen) atoms. The van der Waals surface area contributed by atoms with Gasteiger partial charge in [0.25, 0.3) is 0 Å². The lowest BCUT2D eigenvalue weighted by atomic mass is 10.1. The summed E-state index contributed by atoms with van der Waals surface area (Å²) in [4.78, 5) is 2.19. The number of hydrogen-bond acceptors (Lipinski definition) is 3. The van der Waals surface area contributed by atoms with Crippen LogP contribution in [0.4, 0.5) is 0 Å². The first kappa shape index (κ1) is 14.1. The highest BCUT2D eigenvalue weighted by Crippen LogP contribution is 2.15. The van der Waals surface area contributed by atoms with Crippen molar-refractivity contribution in [2.24, 2.45) is 5.73 Å². The summed E-state index contributed by atoms with van der Waals surface area (Å²) in [5, 5.41) is 3.35. The van der Waals surface area contributed by atoms with E-state index in [1.165, 1.54) is 38.5 Å². The Kier molecular flexibility index (Phi) is 6.78. The van der Waals surface area contributed by atoms with Crippen LogP contribution in [-0.2, 0) is 0 Å². The first-order chi connectivity index (χ1) is 8.25. The Hall–Kier alpha value is -0.960. The number of nitrogens with one attached hydrogen (secondary N) is 1. The zero-order valence-corrected chi connectivity index (χ0v) is 11.1. The Morgan fingerprint density at radius 1 is 1.35 bits per heavy atom. The molecular weight excluding hydrogens is 210 g/mol. The fourth-order valence-electron chi connectivity index (χ4n) is 2.24. The van der Waals surface area contributed by atoms with Gasteiger partial charge in [-0.3, -0.25) is 0 Å². The van der Waals surface area contributed by atoms with Crippen LogP contribution in [-0.4, -0.2) is 17.2 Å². The Bertz CT molecular complexity index is 236. The van der Waals surface area contributed by atoms with E-state index in [2.05, 4.69) is 23.0 Å². The van der Waals surface area contributed by atoms with E-state index in [4.69, 9.17) is 5.73 Å². The minimum absolute atomic E-state index is 0.0961. The molecule has 0 bridgehead atoms. The molecule has 0 saturated heterocycles. The maximum Gasteiger partial charge on any atom is 0.0995 e. The Balaban J connectivity index is 2.01. The molecule has 0 spiro atoms. The van der Waals surface area contributed by atoms with Crippen LogP contribution in [0, 0.1) is 0 Å². The van der Waals surface area contributed by atoms with Crippen molar-refractivity contribution in [1.29, 1.82) is 0 Å². The Labute approximate surface area is 106 Å². The summed E-state index contributed by atoms with van der Waals surface area (Å²) < 4.78 is 0. The predicted octanol–water partition coefficient (Wildman–Crippen LogP) is 2.91. The van der Waals surface area contributed by atoms with E-state index >= 15 is 0 Å². The number of rotatable bonds is 9. The van der Waals surface area contributed by atoms with Gasteiger partial charge < -0.3 is 16.0 Å². The molecule has 3 nitrogen and oxygen atoms in total. The van der Waals surface area contributed by atoms with Crippen LogP contribution in [0.5, 0.6) is 0 Å². The van der Waals surface area contributed by atoms with E-state index in [0.717, 1.165) is 6.42 Å². The van der Waals surface area contributed by atoms with Crippen LogP contribution in [0.2, 0.25) is 0 Å². The highest BCUT2D eigenvalue weighted by atomic mass is 15.3. The van der Waals surface area contributed by atoms with Gasteiger partial charge in [-0.05, 0) is 32.6 Å². The van der Waals surface area contributed by atoms with E-state index in [0.29, 0.717) is 6.17 Å². The zero-order chi connectivity index (χ0) is 12.5. The lowest BCUT2D eigenvalue weighted by molar-refractivity contribution is 0.208. The monoisotopic (exact) mass is 237 g/mol. The molecule has 0 aromatic carbocycles. The molecule has 1 heterocycles. The average Bonchev–Trinajstić information content (AvgIpc) is 2.76. The van der Waals surface area contributed by atoms with Crippen LogP contribution in [0.1, 0.15) is 51.9 Å². The molecule has 1 aliphatic heterocycles. The average molecular weight is 237 g/mol. The van der Waals surface area contributed by atoms with E-state index < -0.39 is 0 Å². The predicted molar refractivity (Wildman–Crippen MR) is 74.1 cm³/mol. The third-order valence-electron chi connectivity index (χ3n) is 3.25. The van der Waals surface area contributed by atoms with E-state index in [-0.39, 0.29) is 6.17 Å². The summed E-state index contributed by atoms with van der Waals surface area (Å²) in [6.07, 6.45) is 15.5. The third kappa shape index (κ3) is 5.26. The molecule has 0 aliphatic carbocycles. The highest BCUT2D eigenvalue weighted by molar-refractivity contribution is 4.95. The van der Waals surface area contributed by atoms with Crippen LogP contribution in [0.3, 0.4) is 0 Å². The van der Waals surface area contributed by atoms with E-state index in [1.807, 2.05) is 19.2 Å². The standard InChI is InChI=1S/C14H27N3/c1-3-4-5-6-7-8-9-10-14-16-11-12-17(14)13(2)15/h3,11-14,16H,1,4-10,15H2,2H3. The fourth-order valence-corrected chi connectivity index (χ4v) is 2.24. The second-order valence-electron chi connectivity index (χ2n) is 4.82.